The third kappa shape index (κ3) is 3.44. The summed E-state index contributed by atoms with van der Waals surface area (Å²) in [5.74, 6) is 0. The zero-order valence-corrected chi connectivity index (χ0v) is 12.5. The zero-order valence-electron chi connectivity index (χ0n) is 12.5. The van der Waals surface area contributed by atoms with Gasteiger partial charge in [-0.05, 0) is 26.3 Å². The maximum atomic E-state index is 11.1. The van der Waals surface area contributed by atoms with Crippen LogP contribution in [0.1, 0.15) is 35.3 Å². The van der Waals surface area contributed by atoms with Crippen molar-refractivity contribution in [2.75, 3.05) is 0 Å². The molecule has 1 N–H and O–H groups in total. The Balaban J connectivity index is 2.14. The van der Waals surface area contributed by atoms with Crippen LogP contribution in [0.5, 0.6) is 0 Å². The van der Waals surface area contributed by atoms with Crippen molar-refractivity contribution in [3.05, 3.63) is 69.0 Å². The lowest BCUT2D eigenvalue weighted by molar-refractivity contribution is -0.386. The van der Waals surface area contributed by atoms with Crippen LogP contribution in [0.4, 0.5) is 5.69 Å². The average molecular weight is 285 g/mol. The Labute approximate surface area is 124 Å². The monoisotopic (exact) mass is 285 g/mol. The molecule has 5 heteroatoms. The maximum Gasteiger partial charge on any atom is 0.278 e. The third-order valence-electron chi connectivity index (χ3n) is 3.63. The molecule has 0 amide bonds. The Bertz CT molecular complexity index is 641. The highest BCUT2D eigenvalue weighted by molar-refractivity contribution is 5.47. The summed E-state index contributed by atoms with van der Waals surface area (Å²) in [6.07, 6.45) is 1.56. The van der Waals surface area contributed by atoms with E-state index < -0.39 is 0 Å². The van der Waals surface area contributed by atoms with Crippen LogP contribution in [-0.4, -0.2) is 9.91 Å². The zero-order chi connectivity index (χ0) is 15.4. The summed E-state index contributed by atoms with van der Waals surface area (Å²) in [6, 6.07) is 10.2. The molecule has 1 heterocycles. The number of aromatic nitrogens is 1. The Hall–Kier alpha value is -2.27. The largest absolute Gasteiger partial charge is 0.305 e. The molecule has 0 unspecified atom stereocenters. The van der Waals surface area contributed by atoms with E-state index in [4.69, 9.17) is 0 Å². The highest BCUT2D eigenvalue weighted by Gasteiger charge is 2.18. The van der Waals surface area contributed by atoms with Crippen LogP contribution in [0.25, 0.3) is 0 Å². The number of nitrogens with zero attached hydrogens (tertiary/aromatic N) is 2. The van der Waals surface area contributed by atoms with E-state index in [9.17, 15) is 10.1 Å². The molecule has 1 aromatic heterocycles. The summed E-state index contributed by atoms with van der Waals surface area (Å²) in [5, 5.41) is 14.5. The summed E-state index contributed by atoms with van der Waals surface area (Å²) in [4.78, 5) is 15.1. The minimum Gasteiger partial charge on any atom is -0.305 e. The topological polar surface area (TPSA) is 68.1 Å². The van der Waals surface area contributed by atoms with Gasteiger partial charge in [0.1, 0.15) is 0 Å². The van der Waals surface area contributed by atoms with E-state index in [2.05, 4.69) is 29.4 Å². The van der Waals surface area contributed by atoms with Gasteiger partial charge < -0.3 is 5.32 Å². The second kappa shape index (κ2) is 6.45. The summed E-state index contributed by atoms with van der Waals surface area (Å²) in [6.45, 7) is 6.03. The van der Waals surface area contributed by atoms with Crippen LogP contribution in [0, 0.1) is 24.0 Å². The Morgan fingerprint density at radius 2 is 1.95 bits per heavy atom. The lowest BCUT2D eigenvalue weighted by atomic mass is 10.1. The molecular formula is C16H19N3O2. The first-order valence-electron chi connectivity index (χ1n) is 6.88. The van der Waals surface area contributed by atoms with Crippen molar-refractivity contribution in [1.29, 1.82) is 0 Å². The third-order valence-corrected chi connectivity index (χ3v) is 3.63. The highest BCUT2D eigenvalue weighted by Crippen LogP contribution is 2.24. The molecule has 0 aliphatic carbocycles. The van der Waals surface area contributed by atoms with Gasteiger partial charge in [-0.3, -0.25) is 15.1 Å². The molecule has 110 valence electrons. The van der Waals surface area contributed by atoms with Gasteiger partial charge in [-0.15, -0.1) is 0 Å². The van der Waals surface area contributed by atoms with E-state index in [0.29, 0.717) is 17.7 Å². The van der Waals surface area contributed by atoms with Crippen LogP contribution in [-0.2, 0) is 6.54 Å². The number of benzene rings is 1. The predicted octanol–water partition coefficient (Wildman–Crippen LogP) is 3.46. The van der Waals surface area contributed by atoms with Gasteiger partial charge in [0.05, 0.1) is 10.6 Å². The quantitative estimate of drug-likeness (QED) is 0.674. The number of aryl methyl sites for hydroxylation is 1. The van der Waals surface area contributed by atoms with Crippen molar-refractivity contribution in [2.24, 2.45) is 0 Å². The van der Waals surface area contributed by atoms with Gasteiger partial charge in [-0.2, -0.15) is 0 Å². The fourth-order valence-electron chi connectivity index (χ4n) is 2.33. The first-order chi connectivity index (χ1) is 10.0. The minimum absolute atomic E-state index is 0.160. The van der Waals surface area contributed by atoms with Crippen molar-refractivity contribution in [2.45, 2.75) is 33.4 Å². The average Bonchev–Trinajstić information content (AvgIpc) is 2.46. The molecule has 0 radical (unpaired) electrons. The Kier molecular flexibility index (Phi) is 4.65. The summed E-state index contributed by atoms with van der Waals surface area (Å²) in [5.41, 5.74) is 3.28. The fourth-order valence-corrected chi connectivity index (χ4v) is 2.33. The summed E-state index contributed by atoms with van der Waals surface area (Å²) in [7, 11) is 0. The van der Waals surface area contributed by atoms with E-state index in [1.54, 1.807) is 20.0 Å². The molecular weight excluding hydrogens is 266 g/mol. The molecule has 0 spiro atoms. The summed E-state index contributed by atoms with van der Waals surface area (Å²) < 4.78 is 0. The second-order valence-corrected chi connectivity index (χ2v) is 5.13. The van der Waals surface area contributed by atoms with Crippen LogP contribution in [0.3, 0.4) is 0 Å². The maximum absolute atomic E-state index is 11.1. The Morgan fingerprint density at radius 1 is 1.29 bits per heavy atom. The molecule has 0 saturated carbocycles. The van der Waals surface area contributed by atoms with E-state index in [-0.39, 0.29) is 16.7 Å². The number of hydrogen-bond donors (Lipinski definition) is 1. The molecule has 0 saturated heterocycles. The fraction of sp³-hybridized carbons (Fsp3) is 0.312. The molecule has 21 heavy (non-hydrogen) atoms. The normalized spacial score (nSPS) is 12.1. The van der Waals surface area contributed by atoms with Gasteiger partial charge >= 0.3 is 0 Å². The van der Waals surface area contributed by atoms with Gasteiger partial charge in [-0.25, -0.2) is 0 Å². The van der Waals surface area contributed by atoms with Gasteiger partial charge in [-0.1, -0.05) is 30.3 Å². The molecule has 0 aliphatic heterocycles. The summed E-state index contributed by atoms with van der Waals surface area (Å²) >= 11 is 0. The van der Waals surface area contributed by atoms with Crippen molar-refractivity contribution >= 4 is 5.69 Å². The second-order valence-electron chi connectivity index (χ2n) is 5.13. The van der Waals surface area contributed by atoms with E-state index in [1.807, 2.05) is 18.2 Å². The first kappa shape index (κ1) is 15.1. The minimum atomic E-state index is -0.337. The highest BCUT2D eigenvalue weighted by atomic mass is 16.6. The number of hydrogen-bond acceptors (Lipinski definition) is 4. The number of nitrogens with one attached hydrogen (secondary N) is 1. The standard InChI is InChI=1S/C16H19N3O2/c1-11-9-18-15(12(2)16(11)19(20)21)10-17-13(3)14-7-5-4-6-8-14/h4-9,13,17H,10H2,1-3H3/t13-/m0/s1. The van der Waals surface area contributed by atoms with E-state index in [1.165, 1.54) is 5.56 Å². The van der Waals surface area contributed by atoms with Crippen molar-refractivity contribution in [1.82, 2.24) is 10.3 Å². The smallest absolute Gasteiger partial charge is 0.278 e. The SMILES string of the molecule is Cc1cnc(CN[C@@H](C)c2ccccc2)c(C)c1[N+](=O)[O-]. The van der Waals surface area contributed by atoms with Gasteiger partial charge in [0, 0.05) is 29.9 Å². The predicted molar refractivity (Wildman–Crippen MR) is 82.1 cm³/mol. The van der Waals surface area contributed by atoms with Crippen LogP contribution < -0.4 is 5.32 Å². The van der Waals surface area contributed by atoms with Gasteiger partial charge in [0.25, 0.3) is 5.69 Å². The van der Waals surface area contributed by atoms with Crippen LogP contribution >= 0.6 is 0 Å². The molecule has 5 nitrogen and oxygen atoms in total. The number of nitro groups is 1. The first-order valence-corrected chi connectivity index (χ1v) is 6.88. The molecule has 1 atom stereocenters. The van der Waals surface area contributed by atoms with E-state index >= 15 is 0 Å². The lowest BCUT2D eigenvalue weighted by Crippen LogP contribution is -2.19. The van der Waals surface area contributed by atoms with Crippen LogP contribution in [0.15, 0.2) is 36.5 Å². The van der Waals surface area contributed by atoms with E-state index in [0.717, 1.165) is 5.69 Å². The van der Waals surface area contributed by atoms with Gasteiger partial charge in [0.15, 0.2) is 0 Å². The molecule has 0 bridgehead atoms. The van der Waals surface area contributed by atoms with Crippen LogP contribution in [0.2, 0.25) is 0 Å². The number of pyridine rings is 1. The van der Waals surface area contributed by atoms with Gasteiger partial charge in [0.2, 0.25) is 0 Å². The lowest BCUT2D eigenvalue weighted by Gasteiger charge is -2.15. The number of rotatable bonds is 5. The van der Waals surface area contributed by atoms with Crippen molar-refractivity contribution in [3.8, 4) is 0 Å². The van der Waals surface area contributed by atoms with Crippen molar-refractivity contribution in [3.63, 3.8) is 0 Å². The Morgan fingerprint density at radius 3 is 2.57 bits per heavy atom. The molecule has 0 fully saturated rings. The molecule has 2 aromatic rings. The van der Waals surface area contributed by atoms with Crippen molar-refractivity contribution < 1.29 is 4.92 Å². The molecule has 2 rings (SSSR count). The molecule has 1 aromatic carbocycles. The molecule has 0 aliphatic rings.